The average Bonchev–Trinajstić information content (AvgIpc) is 3.31. The normalized spacial score (nSPS) is 17.9. The summed E-state index contributed by atoms with van der Waals surface area (Å²) in [5.41, 5.74) is 2.00. The maximum Gasteiger partial charge on any atom is 0.245 e. The van der Waals surface area contributed by atoms with Gasteiger partial charge < -0.3 is 4.52 Å². The Hall–Kier alpha value is -2.29. The molecule has 4 rings (SSSR count). The van der Waals surface area contributed by atoms with Crippen molar-refractivity contribution in [3.63, 3.8) is 0 Å². The lowest BCUT2D eigenvalue weighted by molar-refractivity contribution is 0.387. The van der Waals surface area contributed by atoms with Crippen LogP contribution in [0.1, 0.15) is 36.1 Å². The summed E-state index contributed by atoms with van der Waals surface area (Å²) in [5.74, 6) is 1.09. The Morgan fingerprint density at radius 3 is 2.75 bits per heavy atom. The van der Waals surface area contributed by atoms with Crippen molar-refractivity contribution in [1.82, 2.24) is 19.4 Å². The molecule has 1 fully saturated rings. The summed E-state index contributed by atoms with van der Waals surface area (Å²) in [6.07, 6.45) is 3.04. The van der Waals surface area contributed by atoms with Crippen LogP contribution in [0.4, 0.5) is 0 Å². The third kappa shape index (κ3) is 3.32. The van der Waals surface area contributed by atoms with Crippen molar-refractivity contribution in [1.29, 1.82) is 0 Å². The zero-order valence-electron chi connectivity index (χ0n) is 15.5. The first-order chi connectivity index (χ1) is 13.4. The molecule has 0 amide bonds. The highest BCUT2D eigenvalue weighted by atomic mass is 35.5. The first-order valence-electron chi connectivity index (χ1n) is 8.91. The molecular formula is C19H19ClN4O3S. The molecule has 1 aliphatic heterocycles. The summed E-state index contributed by atoms with van der Waals surface area (Å²) in [6, 6.07) is 7.85. The molecule has 3 aromatic rings. The zero-order chi connectivity index (χ0) is 19.9. The summed E-state index contributed by atoms with van der Waals surface area (Å²) >= 11 is 6.18. The van der Waals surface area contributed by atoms with Gasteiger partial charge in [-0.2, -0.15) is 4.31 Å². The topological polar surface area (TPSA) is 89.2 Å². The molecule has 9 heteroatoms. The minimum absolute atomic E-state index is 0.103. The molecule has 2 aromatic heterocycles. The Bertz CT molecular complexity index is 1130. The van der Waals surface area contributed by atoms with E-state index in [9.17, 15) is 8.42 Å². The van der Waals surface area contributed by atoms with Crippen LogP contribution < -0.4 is 0 Å². The number of benzene rings is 1. The van der Waals surface area contributed by atoms with E-state index in [-0.39, 0.29) is 9.92 Å². The van der Waals surface area contributed by atoms with Gasteiger partial charge in [-0.1, -0.05) is 28.9 Å². The van der Waals surface area contributed by atoms with Gasteiger partial charge in [0.15, 0.2) is 5.76 Å². The maximum atomic E-state index is 13.3. The highest BCUT2D eigenvalue weighted by molar-refractivity contribution is 7.89. The van der Waals surface area contributed by atoms with Crippen LogP contribution in [0.3, 0.4) is 0 Å². The van der Waals surface area contributed by atoms with E-state index in [1.807, 2.05) is 6.92 Å². The molecule has 146 valence electrons. The van der Waals surface area contributed by atoms with Gasteiger partial charge in [-0.05, 0) is 38.8 Å². The molecule has 0 N–H and O–H groups in total. The molecule has 3 heterocycles. The maximum absolute atomic E-state index is 13.3. The second-order valence-electron chi connectivity index (χ2n) is 6.75. The fourth-order valence-electron chi connectivity index (χ4n) is 3.50. The molecule has 1 saturated heterocycles. The number of halogens is 1. The summed E-state index contributed by atoms with van der Waals surface area (Å²) in [5, 5.41) is 4.14. The molecule has 0 bridgehead atoms. The Kier molecular flexibility index (Phi) is 4.95. The fraction of sp³-hybridized carbons (Fsp3) is 0.316. The number of hydrogen-bond donors (Lipinski definition) is 0. The predicted molar refractivity (Wildman–Crippen MR) is 104 cm³/mol. The van der Waals surface area contributed by atoms with Gasteiger partial charge in [0.1, 0.15) is 10.7 Å². The highest BCUT2D eigenvalue weighted by Gasteiger charge is 2.39. The SMILES string of the molecule is Cc1cc(-c2cnc(C)nc2[C@@H]2CCCN2S(=O)(=O)c2ccccc2Cl)on1. The van der Waals surface area contributed by atoms with Crippen molar-refractivity contribution in [3.05, 3.63) is 58.8 Å². The van der Waals surface area contributed by atoms with Crippen molar-refractivity contribution < 1.29 is 12.9 Å². The van der Waals surface area contributed by atoms with Crippen LogP contribution in [0.25, 0.3) is 11.3 Å². The van der Waals surface area contributed by atoms with E-state index in [1.165, 1.54) is 10.4 Å². The van der Waals surface area contributed by atoms with Crippen LogP contribution in [0, 0.1) is 13.8 Å². The van der Waals surface area contributed by atoms with E-state index in [2.05, 4.69) is 15.1 Å². The van der Waals surface area contributed by atoms with Crippen molar-refractivity contribution >= 4 is 21.6 Å². The molecule has 7 nitrogen and oxygen atoms in total. The van der Waals surface area contributed by atoms with Gasteiger partial charge in [-0.15, -0.1) is 0 Å². The van der Waals surface area contributed by atoms with Crippen LogP contribution >= 0.6 is 11.6 Å². The highest BCUT2D eigenvalue weighted by Crippen LogP contribution is 2.40. The third-order valence-electron chi connectivity index (χ3n) is 4.77. The Balaban J connectivity index is 1.81. The molecular weight excluding hydrogens is 400 g/mol. The largest absolute Gasteiger partial charge is 0.356 e. The molecule has 0 radical (unpaired) electrons. The lowest BCUT2D eigenvalue weighted by Crippen LogP contribution is -2.31. The van der Waals surface area contributed by atoms with E-state index in [1.54, 1.807) is 37.4 Å². The molecule has 0 aliphatic carbocycles. The molecule has 1 aromatic carbocycles. The Labute approximate surface area is 168 Å². The molecule has 1 aliphatic rings. The number of hydrogen-bond acceptors (Lipinski definition) is 6. The quantitative estimate of drug-likeness (QED) is 0.637. The second kappa shape index (κ2) is 7.27. The van der Waals surface area contributed by atoms with E-state index < -0.39 is 16.1 Å². The van der Waals surface area contributed by atoms with Crippen LogP contribution in [-0.4, -0.2) is 34.4 Å². The number of sulfonamides is 1. The lowest BCUT2D eigenvalue weighted by Gasteiger charge is -2.25. The summed E-state index contributed by atoms with van der Waals surface area (Å²) in [7, 11) is -3.78. The number of aryl methyl sites for hydroxylation is 2. The van der Waals surface area contributed by atoms with Gasteiger partial charge in [-0.3, -0.25) is 0 Å². The fourth-order valence-corrected chi connectivity index (χ4v) is 5.66. The third-order valence-corrected chi connectivity index (χ3v) is 7.18. The molecule has 1 atom stereocenters. The van der Waals surface area contributed by atoms with Crippen LogP contribution in [0.5, 0.6) is 0 Å². The van der Waals surface area contributed by atoms with E-state index in [0.717, 1.165) is 12.1 Å². The monoisotopic (exact) mass is 418 g/mol. The minimum atomic E-state index is -3.78. The van der Waals surface area contributed by atoms with E-state index in [4.69, 9.17) is 16.1 Å². The van der Waals surface area contributed by atoms with E-state index in [0.29, 0.717) is 35.8 Å². The second-order valence-corrected chi connectivity index (χ2v) is 9.02. The molecule has 0 spiro atoms. The van der Waals surface area contributed by atoms with Crippen molar-refractivity contribution in [2.24, 2.45) is 0 Å². The minimum Gasteiger partial charge on any atom is -0.356 e. The standard InChI is InChI=1S/C19H19ClN4O3S/c1-12-10-17(27-23-12)14-11-21-13(2)22-19(14)16-7-5-9-24(16)28(25,26)18-8-4-3-6-15(18)20/h3-4,6,8,10-11,16H,5,7,9H2,1-2H3/t16-/m0/s1. The lowest BCUT2D eigenvalue weighted by atomic mass is 10.0. The zero-order valence-corrected chi connectivity index (χ0v) is 17.0. The van der Waals surface area contributed by atoms with Gasteiger partial charge >= 0.3 is 0 Å². The number of nitrogens with zero attached hydrogens (tertiary/aromatic N) is 4. The van der Waals surface area contributed by atoms with E-state index >= 15 is 0 Å². The Morgan fingerprint density at radius 2 is 2.04 bits per heavy atom. The first-order valence-corrected chi connectivity index (χ1v) is 10.7. The predicted octanol–water partition coefficient (Wildman–Crippen LogP) is 3.93. The van der Waals surface area contributed by atoms with Crippen LogP contribution in [0.2, 0.25) is 5.02 Å². The smallest absolute Gasteiger partial charge is 0.245 e. The first kappa shape index (κ1) is 19.0. The van der Waals surface area contributed by atoms with Crippen molar-refractivity contribution in [2.45, 2.75) is 37.6 Å². The van der Waals surface area contributed by atoms with Gasteiger partial charge in [0.2, 0.25) is 10.0 Å². The average molecular weight is 419 g/mol. The number of rotatable bonds is 4. The van der Waals surface area contributed by atoms with Gasteiger partial charge in [0.25, 0.3) is 0 Å². The molecule has 28 heavy (non-hydrogen) atoms. The molecule has 0 unspecified atom stereocenters. The van der Waals surface area contributed by atoms with Gasteiger partial charge in [0.05, 0.1) is 28.0 Å². The summed E-state index contributed by atoms with van der Waals surface area (Å²) in [4.78, 5) is 8.95. The summed E-state index contributed by atoms with van der Waals surface area (Å²) < 4.78 is 33.5. The molecule has 0 saturated carbocycles. The van der Waals surface area contributed by atoms with Crippen molar-refractivity contribution in [3.8, 4) is 11.3 Å². The Morgan fingerprint density at radius 1 is 1.25 bits per heavy atom. The van der Waals surface area contributed by atoms with Crippen LogP contribution in [-0.2, 0) is 10.0 Å². The van der Waals surface area contributed by atoms with Gasteiger partial charge in [-0.25, -0.2) is 18.4 Å². The van der Waals surface area contributed by atoms with Crippen LogP contribution in [0.15, 0.2) is 45.9 Å². The van der Waals surface area contributed by atoms with Crippen molar-refractivity contribution in [2.75, 3.05) is 6.54 Å². The summed E-state index contributed by atoms with van der Waals surface area (Å²) in [6.45, 7) is 4.00. The van der Waals surface area contributed by atoms with Gasteiger partial charge in [0, 0.05) is 18.8 Å². The number of aromatic nitrogens is 3.